The van der Waals surface area contributed by atoms with Crippen molar-refractivity contribution < 1.29 is 4.79 Å². The Balaban J connectivity index is 1.65. The van der Waals surface area contributed by atoms with E-state index in [1.54, 1.807) is 24.0 Å². The van der Waals surface area contributed by atoms with Gasteiger partial charge in [-0.15, -0.1) is 5.10 Å². The molecule has 0 spiro atoms. The maximum absolute atomic E-state index is 12.6. The number of aromatic nitrogens is 6. The van der Waals surface area contributed by atoms with Crippen LogP contribution in [0.1, 0.15) is 10.4 Å². The maximum Gasteiger partial charge on any atom is 0.257 e. The number of benzene rings is 2. The van der Waals surface area contributed by atoms with Crippen molar-refractivity contribution in [3.63, 3.8) is 0 Å². The van der Waals surface area contributed by atoms with Crippen molar-refractivity contribution in [2.24, 2.45) is 7.05 Å². The van der Waals surface area contributed by atoms with E-state index in [0.29, 0.717) is 22.6 Å². The third kappa shape index (κ3) is 2.39. The van der Waals surface area contributed by atoms with E-state index in [1.807, 2.05) is 36.4 Å². The predicted molar refractivity (Wildman–Crippen MR) is 88.3 cm³/mol. The standard InChI is InChI=1S/C16H13N7O/c1-23-15(20-21-22-23)10-4-2-6-12(8-10)18-16(24)13-7-3-5-11-9-17-19-14(11)13/h2-9H,1H3,(H,17,19)(H,18,24). The fourth-order valence-electron chi connectivity index (χ4n) is 2.57. The number of carbonyl (C=O) groups excluding carboxylic acids is 1. The van der Waals surface area contributed by atoms with Crippen LogP contribution in [0.2, 0.25) is 0 Å². The molecule has 0 aliphatic rings. The van der Waals surface area contributed by atoms with Gasteiger partial charge in [0.25, 0.3) is 5.91 Å². The van der Waals surface area contributed by atoms with E-state index < -0.39 is 0 Å². The van der Waals surface area contributed by atoms with Crippen LogP contribution in [0.3, 0.4) is 0 Å². The van der Waals surface area contributed by atoms with Gasteiger partial charge in [0.05, 0.1) is 17.3 Å². The van der Waals surface area contributed by atoms with Crippen LogP contribution >= 0.6 is 0 Å². The Bertz CT molecular complexity index is 1030. The van der Waals surface area contributed by atoms with Crippen LogP contribution in [-0.4, -0.2) is 36.3 Å². The third-order valence-corrected chi connectivity index (χ3v) is 3.72. The van der Waals surface area contributed by atoms with Crippen LogP contribution in [0.25, 0.3) is 22.3 Å². The molecular weight excluding hydrogens is 306 g/mol. The molecule has 4 rings (SSSR count). The Kier molecular flexibility index (Phi) is 3.27. The van der Waals surface area contributed by atoms with Gasteiger partial charge in [0.1, 0.15) is 0 Å². The van der Waals surface area contributed by atoms with Crippen molar-refractivity contribution in [1.29, 1.82) is 0 Å². The normalized spacial score (nSPS) is 10.9. The largest absolute Gasteiger partial charge is 0.322 e. The summed E-state index contributed by atoms with van der Waals surface area (Å²) in [5.41, 5.74) is 2.73. The van der Waals surface area contributed by atoms with Crippen LogP contribution in [0, 0.1) is 0 Å². The minimum atomic E-state index is -0.210. The van der Waals surface area contributed by atoms with E-state index >= 15 is 0 Å². The van der Waals surface area contributed by atoms with Crippen molar-refractivity contribution in [2.75, 3.05) is 5.32 Å². The summed E-state index contributed by atoms with van der Waals surface area (Å²) in [6, 6.07) is 12.9. The molecule has 2 heterocycles. The molecule has 0 saturated carbocycles. The summed E-state index contributed by atoms with van der Waals surface area (Å²) < 4.78 is 1.58. The van der Waals surface area contributed by atoms with Gasteiger partial charge in [-0.3, -0.25) is 9.89 Å². The van der Waals surface area contributed by atoms with Crippen LogP contribution in [-0.2, 0) is 7.05 Å². The Morgan fingerprint density at radius 2 is 2.08 bits per heavy atom. The molecule has 0 atom stereocenters. The zero-order valence-electron chi connectivity index (χ0n) is 12.8. The smallest absolute Gasteiger partial charge is 0.257 e. The molecule has 0 fully saturated rings. The number of H-pyrrole nitrogens is 1. The van der Waals surface area contributed by atoms with Crippen LogP contribution in [0.4, 0.5) is 5.69 Å². The Labute approximate surface area is 136 Å². The fourth-order valence-corrected chi connectivity index (χ4v) is 2.57. The Morgan fingerprint density at radius 1 is 1.21 bits per heavy atom. The van der Waals surface area contributed by atoms with E-state index in [2.05, 4.69) is 31.0 Å². The number of rotatable bonds is 3. The van der Waals surface area contributed by atoms with Gasteiger partial charge in [-0.1, -0.05) is 24.3 Å². The van der Waals surface area contributed by atoms with Crippen LogP contribution < -0.4 is 5.32 Å². The second kappa shape index (κ2) is 5.58. The number of para-hydroxylation sites is 1. The first-order valence-corrected chi connectivity index (χ1v) is 7.28. The second-order valence-corrected chi connectivity index (χ2v) is 5.30. The quantitative estimate of drug-likeness (QED) is 0.601. The van der Waals surface area contributed by atoms with Gasteiger partial charge in [-0.2, -0.15) is 5.10 Å². The van der Waals surface area contributed by atoms with Crippen molar-refractivity contribution in [3.8, 4) is 11.4 Å². The van der Waals surface area contributed by atoms with Gasteiger partial charge in [-0.05, 0) is 28.6 Å². The molecule has 2 aromatic carbocycles. The summed E-state index contributed by atoms with van der Waals surface area (Å²) >= 11 is 0. The molecule has 0 aliphatic carbocycles. The van der Waals surface area contributed by atoms with Gasteiger partial charge < -0.3 is 5.32 Å². The number of hydrogen-bond donors (Lipinski definition) is 2. The fraction of sp³-hybridized carbons (Fsp3) is 0.0625. The highest BCUT2D eigenvalue weighted by Gasteiger charge is 2.12. The van der Waals surface area contributed by atoms with Crippen molar-refractivity contribution in [3.05, 3.63) is 54.2 Å². The Hall–Kier alpha value is -3.55. The summed E-state index contributed by atoms with van der Waals surface area (Å²) in [6.45, 7) is 0. The van der Waals surface area contributed by atoms with Crippen molar-refractivity contribution in [2.45, 2.75) is 0 Å². The summed E-state index contributed by atoms with van der Waals surface area (Å²) in [5.74, 6) is 0.417. The van der Waals surface area contributed by atoms with E-state index in [9.17, 15) is 4.79 Å². The van der Waals surface area contributed by atoms with Gasteiger partial charge >= 0.3 is 0 Å². The monoisotopic (exact) mass is 319 g/mol. The number of amides is 1. The molecule has 24 heavy (non-hydrogen) atoms. The molecule has 2 aromatic heterocycles. The molecular formula is C16H13N7O. The number of fused-ring (bicyclic) bond motifs is 1. The predicted octanol–water partition coefficient (Wildman–Crippen LogP) is 2.01. The molecule has 4 aromatic rings. The average Bonchev–Trinajstić information content (AvgIpc) is 3.23. The first kappa shape index (κ1) is 14.1. The maximum atomic E-state index is 12.6. The number of nitrogens with zero attached hydrogens (tertiary/aromatic N) is 5. The first-order valence-electron chi connectivity index (χ1n) is 7.28. The number of carbonyl (C=O) groups is 1. The highest BCUT2D eigenvalue weighted by molar-refractivity contribution is 6.11. The lowest BCUT2D eigenvalue weighted by Crippen LogP contribution is -2.12. The van der Waals surface area contributed by atoms with E-state index in [4.69, 9.17) is 0 Å². The summed E-state index contributed by atoms with van der Waals surface area (Å²) in [5, 5.41) is 22.0. The highest BCUT2D eigenvalue weighted by Crippen LogP contribution is 2.21. The highest BCUT2D eigenvalue weighted by atomic mass is 16.1. The summed E-state index contributed by atoms with van der Waals surface area (Å²) in [6.07, 6.45) is 1.69. The number of hydrogen-bond acceptors (Lipinski definition) is 5. The minimum absolute atomic E-state index is 0.210. The number of tetrazole rings is 1. The second-order valence-electron chi connectivity index (χ2n) is 5.30. The molecule has 8 heteroatoms. The lowest BCUT2D eigenvalue weighted by atomic mass is 10.1. The van der Waals surface area contributed by atoms with Crippen molar-refractivity contribution >= 4 is 22.5 Å². The molecule has 0 saturated heterocycles. The average molecular weight is 319 g/mol. The number of aromatic amines is 1. The van der Waals surface area contributed by atoms with E-state index in [0.717, 1.165) is 10.9 Å². The molecule has 0 unspecified atom stereocenters. The SMILES string of the molecule is Cn1nnnc1-c1cccc(NC(=O)c2cccc3cn[nH]c23)c1. The molecule has 0 radical (unpaired) electrons. The van der Waals surface area contributed by atoms with Gasteiger partial charge in [0, 0.05) is 23.7 Å². The van der Waals surface area contributed by atoms with Crippen molar-refractivity contribution in [1.82, 2.24) is 30.4 Å². The molecule has 1 amide bonds. The first-order chi connectivity index (χ1) is 11.7. The lowest BCUT2D eigenvalue weighted by Gasteiger charge is -2.07. The third-order valence-electron chi connectivity index (χ3n) is 3.72. The number of aryl methyl sites for hydroxylation is 1. The summed E-state index contributed by atoms with van der Waals surface area (Å²) in [7, 11) is 1.76. The molecule has 2 N–H and O–H groups in total. The van der Waals surface area contributed by atoms with Gasteiger partial charge in [0.15, 0.2) is 5.82 Å². The zero-order chi connectivity index (χ0) is 16.5. The molecule has 8 nitrogen and oxygen atoms in total. The Morgan fingerprint density at radius 3 is 2.92 bits per heavy atom. The van der Waals surface area contributed by atoms with Gasteiger partial charge in [-0.25, -0.2) is 4.68 Å². The minimum Gasteiger partial charge on any atom is -0.322 e. The molecule has 0 bridgehead atoms. The zero-order valence-corrected chi connectivity index (χ0v) is 12.8. The molecule has 118 valence electrons. The lowest BCUT2D eigenvalue weighted by molar-refractivity contribution is 0.102. The van der Waals surface area contributed by atoms with E-state index in [1.165, 1.54) is 0 Å². The molecule has 0 aliphatic heterocycles. The number of nitrogens with one attached hydrogen (secondary N) is 2. The summed E-state index contributed by atoms with van der Waals surface area (Å²) in [4.78, 5) is 12.6. The van der Waals surface area contributed by atoms with E-state index in [-0.39, 0.29) is 5.91 Å². The topological polar surface area (TPSA) is 101 Å². The van der Waals surface area contributed by atoms with Gasteiger partial charge in [0.2, 0.25) is 0 Å². The van der Waals surface area contributed by atoms with Crippen LogP contribution in [0.15, 0.2) is 48.7 Å². The van der Waals surface area contributed by atoms with Crippen LogP contribution in [0.5, 0.6) is 0 Å². The number of anilines is 1.